The molecular formula is C20H27N3O5. The Bertz CT molecular complexity index is 762. The molecule has 0 unspecified atom stereocenters. The summed E-state index contributed by atoms with van der Waals surface area (Å²) >= 11 is 0. The maximum atomic E-state index is 12.4. The summed E-state index contributed by atoms with van der Waals surface area (Å²) in [5.41, 5.74) is 1.82. The van der Waals surface area contributed by atoms with Crippen molar-refractivity contribution in [2.45, 2.75) is 52.7 Å². The summed E-state index contributed by atoms with van der Waals surface area (Å²) in [6.07, 6.45) is -0.346. The predicted octanol–water partition coefficient (Wildman–Crippen LogP) is 1.77. The summed E-state index contributed by atoms with van der Waals surface area (Å²) in [7, 11) is 0. The van der Waals surface area contributed by atoms with E-state index < -0.39 is 29.9 Å². The SMILES string of the molecule is CCc1ccccc1N1C[C@@H](C(=O)O[C@@H](C)C(=O)NC(=O)NC(C)C)CC1=O. The summed E-state index contributed by atoms with van der Waals surface area (Å²) in [4.78, 5) is 50.0. The van der Waals surface area contributed by atoms with Gasteiger partial charge in [0.15, 0.2) is 6.10 Å². The van der Waals surface area contributed by atoms with Crippen molar-refractivity contribution in [1.82, 2.24) is 10.6 Å². The van der Waals surface area contributed by atoms with E-state index in [1.165, 1.54) is 6.92 Å². The van der Waals surface area contributed by atoms with E-state index in [9.17, 15) is 19.2 Å². The van der Waals surface area contributed by atoms with Gasteiger partial charge >= 0.3 is 12.0 Å². The summed E-state index contributed by atoms with van der Waals surface area (Å²) < 4.78 is 5.18. The minimum absolute atomic E-state index is 0.0268. The summed E-state index contributed by atoms with van der Waals surface area (Å²) in [6, 6.07) is 6.77. The first kappa shape index (κ1) is 21.4. The Labute approximate surface area is 164 Å². The van der Waals surface area contributed by atoms with Crippen LogP contribution in [0.5, 0.6) is 0 Å². The van der Waals surface area contributed by atoms with Gasteiger partial charge < -0.3 is 15.0 Å². The molecule has 0 spiro atoms. The minimum atomic E-state index is -1.14. The van der Waals surface area contributed by atoms with E-state index in [0.29, 0.717) is 0 Å². The number of hydrogen-bond acceptors (Lipinski definition) is 5. The van der Waals surface area contributed by atoms with Crippen LogP contribution in [-0.2, 0) is 25.5 Å². The fraction of sp³-hybridized carbons (Fsp3) is 0.500. The molecule has 1 heterocycles. The van der Waals surface area contributed by atoms with E-state index in [1.807, 2.05) is 31.2 Å². The fourth-order valence-electron chi connectivity index (χ4n) is 3.01. The minimum Gasteiger partial charge on any atom is -0.452 e. The van der Waals surface area contributed by atoms with E-state index in [0.717, 1.165) is 17.7 Å². The third kappa shape index (κ3) is 5.31. The highest BCUT2D eigenvalue weighted by Gasteiger charge is 2.38. The number of rotatable bonds is 6. The average Bonchev–Trinajstić information content (AvgIpc) is 3.02. The van der Waals surface area contributed by atoms with Gasteiger partial charge in [-0.05, 0) is 38.8 Å². The molecule has 0 saturated carbocycles. The summed E-state index contributed by atoms with van der Waals surface area (Å²) in [5, 5.41) is 4.64. The Morgan fingerprint density at radius 2 is 1.89 bits per heavy atom. The number of nitrogens with one attached hydrogen (secondary N) is 2. The molecule has 1 fully saturated rings. The average molecular weight is 389 g/mol. The quantitative estimate of drug-likeness (QED) is 0.722. The van der Waals surface area contributed by atoms with Gasteiger partial charge in [0.2, 0.25) is 5.91 Å². The van der Waals surface area contributed by atoms with Crippen LogP contribution in [0.2, 0.25) is 0 Å². The zero-order valence-corrected chi connectivity index (χ0v) is 16.7. The number of carbonyl (C=O) groups excluding carboxylic acids is 4. The third-order valence-corrected chi connectivity index (χ3v) is 4.44. The topological polar surface area (TPSA) is 105 Å². The van der Waals surface area contributed by atoms with E-state index in [-0.39, 0.29) is 24.9 Å². The van der Waals surface area contributed by atoms with Crippen molar-refractivity contribution in [1.29, 1.82) is 0 Å². The second-order valence-corrected chi connectivity index (χ2v) is 7.08. The molecule has 0 aromatic heterocycles. The number of ether oxygens (including phenoxy) is 1. The number of nitrogens with zero attached hydrogens (tertiary/aromatic N) is 1. The van der Waals surface area contributed by atoms with Crippen LogP contribution < -0.4 is 15.5 Å². The number of esters is 1. The van der Waals surface area contributed by atoms with Crippen LogP contribution >= 0.6 is 0 Å². The van der Waals surface area contributed by atoms with Gasteiger partial charge in [-0.25, -0.2) is 4.79 Å². The van der Waals surface area contributed by atoms with Crippen LogP contribution in [0.3, 0.4) is 0 Å². The van der Waals surface area contributed by atoms with Gasteiger partial charge in [-0.3, -0.25) is 19.7 Å². The van der Waals surface area contributed by atoms with Crippen LogP contribution in [0.25, 0.3) is 0 Å². The standard InChI is InChI=1S/C20H27N3O5/c1-5-14-8-6-7-9-16(14)23-11-15(10-17(23)24)19(26)28-13(4)18(25)22-20(27)21-12(2)3/h6-9,12-13,15H,5,10-11H2,1-4H3,(H2,21,22,25,27)/t13-,15-/m0/s1. The predicted molar refractivity (Wildman–Crippen MR) is 104 cm³/mol. The van der Waals surface area contributed by atoms with Crippen molar-refractivity contribution in [2.24, 2.45) is 5.92 Å². The molecular weight excluding hydrogens is 362 g/mol. The Morgan fingerprint density at radius 1 is 1.21 bits per heavy atom. The molecule has 1 aliphatic rings. The van der Waals surface area contributed by atoms with Crippen molar-refractivity contribution in [2.75, 3.05) is 11.4 Å². The van der Waals surface area contributed by atoms with Crippen LogP contribution in [0.4, 0.5) is 10.5 Å². The lowest BCUT2D eigenvalue weighted by Gasteiger charge is -2.20. The molecule has 28 heavy (non-hydrogen) atoms. The molecule has 0 bridgehead atoms. The van der Waals surface area contributed by atoms with E-state index in [4.69, 9.17) is 4.74 Å². The van der Waals surface area contributed by atoms with Crippen molar-refractivity contribution in [3.8, 4) is 0 Å². The maximum absolute atomic E-state index is 12.4. The van der Waals surface area contributed by atoms with Gasteiger partial charge in [0.25, 0.3) is 5.91 Å². The number of urea groups is 1. The molecule has 2 rings (SSSR count). The van der Waals surface area contributed by atoms with Gasteiger partial charge in [0, 0.05) is 24.7 Å². The molecule has 152 valence electrons. The number of carbonyl (C=O) groups is 4. The zero-order chi connectivity index (χ0) is 20.8. The van der Waals surface area contributed by atoms with Crippen molar-refractivity contribution >= 4 is 29.5 Å². The van der Waals surface area contributed by atoms with Gasteiger partial charge in [-0.1, -0.05) is 25.1 Å². The Hall–Kier alpha value is -2.90. The molecule has 2 N–H and O–H groups in total. The molecule has 1 aromatic rings. The molecule has 0 radical (unpaired) electrons. The molecule has 1 aliphatic heterocycles. The second-order valence-electron chi connectivity index (χ2n) is 7.08. The highest BCUT2D eigenvalue weighted by Crippen LogP contribution is 2.29. The normalized spacial score (nSPS) is 17.4. The maximum Gasteiger partial charge on any atom is 0.321 e. The Balaban J connectivity index is 1.95. The highest BCUT2D eigenvalue weighted by molar-refractivity contribution is 6.01. The molecule has 1 saturated heterocycles. The Kier molecular flexibility index (Phi) is 7.14. The molecule has 4 amide bonds. The van der Waals surface area contributed by atoms with Crippen LogP contribution in [0, 0.1) is 5.92 Å². The highest BCUT2D eigenvalue weighted by atomic mass is 16.5. The summed E-state index contributed by atoms with van der Waals surface area (Å²) in [6.45, 7) is 7.11. The molecule has 8 nitrogen and oxygen atoms in total. The van der Waals surface area contributed by atoms with Gasteiger partial charge in [-0.2, -0.15) is 0 Å². The van der Waals surface area contributed by atoms with Crippen molar-refractivity contribution in [3.63, 3.8) is 0 Å². The zero-order valence-electron chi connectivity index (χ0n) is 16.7. The van der Waals surface area contributed by atoms with Crippen LogP contribution in [0.15, 0.2) is 24.3 Å². The molecule has 2 atom stereocenters. The second kappa shape index (κ2) is 9.34. The fourth-order valence-corrected chi connectivity index (χ4v) is 3.01. The van der Waals surface area contributed by atoms with E-state index >= 15 is 0 Å². The lowest BCUT2D eigenvalue weighted by Crippen LogP contribution is -2.47. The lowest BCUT2D eigenvalue weighted by molar-refractivity contribution is -0.158. The first-order chi connectivity index (χ1) is 13.2. The largest absolute Gasteiger partial charge is 0.452 e. The van der Waals surface area contributed by atoms with Crippen molar-refractivity contribution in [3.05, 3.63) is 29.8 Å². The number of imide groups is 1. The summed E-state index contributed by atoms with van der Waals surface area (Å²) in [5.74, 6) is -2.16. The lowest BCUT2D eigenvalue weighted by atomic mass is 10.1. The van der Waals surface area contributed by atoms with Crippen molar-refractivity contribution < 1.29 is 23.9 Å². The molecule has 0 aliphatic carbocycles. The van der Waals surface area contributed by atoms with Gasteiger partial charge in [0.05, 0.1) is 5.92 Å². The smallest absolute Gasteiger partial charge is 0.321 e. The number of amides is 4. The first-order valence-corrected chi connectivity index (χ1v) is 9.43. The number of aryl methyl sites for hydroxylation is 1. The monoisotopic (exact) mass is 389 g/mol. The number of anilines is 1. The molecule has 8 heteroatoms. The van der Waals surface area contributed by atoms with Crippen LogP contribution in [-0.4, -0.2) is 42.5 Å². The van der Waals surface area contributed by atoms with Gasteiger partial charge in [-0.15, -0.1) is 0 Å². The van der Waals surface area contributed by atoms with Crippen LogP contribution in [0.1, 0.15) is 39.7 Å². The Morgan fingerprint density at radius 3 is 2.54 bits per heavy atom. The third-order valence-electron chi connectivity index (χ3n) is 4.44. The first-order valence-electron chi connectivity index (χ1n) is 9.43. The number of hydrogen-bond donors (Lipinski definition) is 2. The van der Waals surface area contributed by atoms with E-state index in [2.05, 4.69) is 10.6 Å². The number of para-hydroxylation sites is 1. The van der Waals surface area contributed by atoms with Gasteiger partial charge in [0.1, 0.15) is 0 Å². The number of benzene rings is 1. The molecule has 1 aromatic carbocycles. The van der Waals surface area contributed by atoms with E-state index in [1.54, 1.807) is 18.7 Å².